The summed E-state index contributed by atoms with van der Waals surface area (Å²) in [5.74, 6) is -0.102. The monoisotopic (exact) mass is 242 g/mol. The van der Waals surface area contributed by atoms with E-state index in [1.807, 2.05) is 0 Å². The number of carbonyl (C=O) groups excluding carboxylic acids is 1. The number of hydrogen-bond acceptors (Lipinski definition) is 3. The average Bonchev–Trinajstić information content (AvgIpc) is 2.36. The van der Waals surface area contributed by atoms with Gasteiger partial charge in [-0.05, 0) is 19.3 Å². The number of amides is 1. The molecule has 0 aromatic heterocycles. The molecule has 100 valence electrons. The van der Waals surface area contributed by atoms with Crippen molar-refractivity contribution in [2.45, 2.75) is 69.9 Å². The lowest BCUT2D eigenvalue weighted by atomic mass is 9.82. The Bertz CT molecular complexity index is 238. The SMILES string of the molecule is CCCC[C@H](N)C(=O)NC1(CO)CCCCC1. The van der Waals surface area contributed by atoms with Gasteiger partial charge in [-0.25, -0.2) is 0 Å². The molecule has 0 aliphatic heterocycles. The van der Waals surface area contributed by atoms with Gasteiger partial charge in [-0.15, -0.1) is 0 Å². The Kier molecular flexibility index (Phi) is 5.92. The Morgan fingerprint density at radius 3 is 2.59 bits per heavy atom. The summed E-state index contributed by atoms with van der Waals surface area (Å²) >= 11 is 0. The molecule has 0 aromatic carbocycles. The fourth-order valence-electron chi connectivity index (χ4n) is 2.46. The predicted octanol–water partition coefficient (Wildman–Crippen LogP) is 1.32. The zero-order valence-corrected chi connectivity index (χ0v) is 10.9. The van der Waals surface area contributed by atoms with E-state index in [4.69, 9.17) is 5.73 Å². The second kappa shape index (κ2) is 6.97. The van der Waals surface area contributed by atoms with E-state index >= 15 is 0 Å². The maximum Gasteiger partial charge on any atom is 0.237 e. The predicted molar refractivity (Wildman–Crippen MR) is 68.5 cm³/mol. The van der Waals surface area contributed by atoms with Crippen molar-refractivity contribution in [2.24, 2.45) is 5.73 Å². The van der Waals surface area contributed by atoms with Gasteiger partial charge in [-0.2, -0.15) is 0 Å². The first-order chi connectivity index (χ1) is 8.13. The van der Waals surface area contributed by atoms with E-state index in [9.17, 15) is 9.90 Å². The van der Waals surface area contributed by atoms with E-state index in [2.05, 4.69) is 12.2 Å². The van der Waals surface area contributed by atoms with Crippen molar-refractivity contribution in [1.82, 2.24) is 5.32 Å². The van der Waals surface area contributed by atoms with Crippen LogP contribution in [0.25, 0.3) is 0 Å². The Morgan fingerprint density at radius 1 is 1.41 bits per heavy atom. The maximum atomic E-state index is 11.9. The topological polar surface area (TPSA) is 75.4 Å². The molecule has 0 unspecified atom stereocenters. The molecule has 17 heavy (non-hydrogen) atoms. The summed E-state index contributed by atoms with van der Waals surface area (Å²) in [6.45, 7) is 2.11. The smallest absolute Gasteiger partial charge is 0.237 e. The second-order valence-electron chi connectivity index (χ2n) is 5.24. The largest absolute Gasteiger partial charge is 0.394 e. The molecule has 1 saturated carbocycles. The molecule has 0 saturated heterocycles. The van der Waals surface area contributed by atoms with Crippen LogP contribution in [0.4, 0.5) is 0 Å². The molecule has 0 aromatic rings. The summed E-state index contributed by atoms with van der Waals surface area (Å²) in [5, 5.41) is 12.5. The minimum Gasteiger partial charge on any atom is -0.394 e. The van der Waals surface area contributed by atoms with Crippen LogP contribution >= 0.6 is 0 Å². The van der Waals surface area contributed by atoms with Gasteiger partial charge in [0.1, 0.15) is 0 Å². The molecular formula is C13H26N2O2. The van der Waals surface area contributed by atoms with E-state index in [0.717, 1.165) is 44.9 Å². The molecule has 1 atom stereocenters. The van der Waals surface area contributed by atoms with Gasteiger partial charge in [-0.1, -0.05) is 39.0 Å². The van der Waals surface area contributed by atoms with E-state index in [1.165, 1.54) is 6.42 Å². The zero-order chi connectivity index (χ0) is 12.7. The minimum absolute atomic E-state index is 0.0270. The van der Waals surface area contributed by atoms with Gasteiger partial charge in [0.15, 0.2) is 0 Å². The lowest BCUT2D eigenvalue weighted by Gasteiger charge is -2.37. The third kappa shape index (κ3) is 4.28. The van der Waals surface area contributed by atoms with E-state index in [0.29, 0.717) is 0 Å². The summed E-state index contributed by atoms with van der Waals surface area (Å²) < 4.78 is 0. The molecule has 4 nitrogen and oxygen atoms in total. The molecule has 0 radical (unpaired) electrons. The molecule has 1 aliphatic rings. The maximum absolute atomic E-state index is 11.9. The number of rotatable bonds is 6. The Morgan fingerprint density at radius 2 is 2.06 bits per heavy atom. The summed E-state index contributed by atoms with van der Waals surface area (Å²) in [7, 11) is 0. The molecule has 1 amide bonds. The van der Waals surface area contributed by atoms with Crippen LogP contribution < -0.4 is 11.1 Å². The Labute approximate surface area is 104 Å². The number of aliphatic hydroxyl groups excluding tert-OH is 1. The highest BCUT2D eigenvalue weighted by atomic mass is 16.3. The van der Waals surface area contributed by atoms with E-state index in [1.54, 1.807) is 0 Å². The molecular weight excluding hydrogens is 216 g/mol. The Hall–Kier alpha value is -0.610. The van der Waals surface area contributed by atoms with Crippen LogP contribution in [0, 0.1) is 0 Å². The van der Waals surface area contributed by atoms with Gasteiger partial charge in [0, 0.05) is 0 Å². The average molecular weight is 242 g/mol. The van der Waals surface area contributed by atoms with Crippen LogP contribution in [0.15, 0.2) is 0 Å². The zero-order valence-electron chi connectivity index (χ0n) is 10.9. The molecule has 1 rings (SSSR count). The second-order valence-corrected chi connectivity index (χ2v) is 5.24. The number of nitrogens with one attached hydrogen (secondary N) is 1. The van der Waals surface area contributed by atoms with Crippen LogP contribution in [0.5, 0.6) is 0 Å². The fraction of sp³-hybridized carbons (Fsp3) is 0.923. The first-order valence-corrected chi connectivity index (χ1v) is 6.82. The number of aliphatic hydroxyl groups is 1. The van der Waals surface area contributed by atoms with Crippen molar-refractivity contribution in [2.75, 3.05) is 6.61 Å². The number of unbranched alkanes of at least 4 members (excludes halogenated alkanes) is 1. The lowest BCUT2D eigenvalue weighted by molar-refractivity contribution is -0.125. The molecule has 4 N–H and O–H groups in total. The minimum atomic E-state index is -0.430. The van der Waals surface area contributed by atoms with Crippen molar-refractivity contribution < 1.29 is 9.90 Å². The first kappa shape index (κ1) is 14.5. The van der Waals surface area contributed by atoms with Gasteiger partial charge >= 0.3 is 0 Å². The Balaban J connectivity index is 2.46. The first-order valence-electron chi connectivity index (χ1n) is 6.82. The van der Waals surface area contributed by atoms with Crippen molar-refractivity contribution in [3.05, 3.63) is 0 Å². The normalized spacial score (nSPS) is 20.9. The van der Waals surface area contributed by atoms with Gasteiger partial charge in [0.2, 0.25) is 5.91 Å². The molecule has 0 bridgehead atoms. The van der Waals surface area contributed by atoms with Crippen molar-refractivity contribution in [1.29, 1.82) is 0 Å². The van der Waals surface area contributed by atoms with Crippen LogP contribution in [0.2, 0.25) is 0 Å². The van der Waals surface area contributed by atoms with Crippen LogP contribution in [0.1, 0.15) is 58.3 Å². The van der Waals surface area contributed by atoms with E-state index < -0.39 is 11.6 Å². The van der Waals surface area contributed by atoms with Gasteiger partial charge in [0.05, 0.1) is 18.2 Å². The van der Waals surface area contributed by atoms with E-state index in [-0.39, 0.29) is 12.5 Å². The quantitative estimate of drug-likeness (QED) is 0.657. The summed E-state index contributed by atoms with van der Waals surface area (Å²) in [6, 6.07) is -0.430. The van der Waals surface area contributed by atoms with Crippen LogP contribution in [0.3, 0.4) is 0 Å². The van der Waals surface area contributed by atoms with Crippen molar-refractivity contribution in [3.8, 4) is 0 Å². The van der Waals surface area contributed by atoms with Crippen LogP contribution in [-0.4, -0.2) is 29.2 Å². The highest BCUT2D eigenvalue weighted by Gasteiger charge is 2.33. The third-order valence-corrected chi connectivity index (χ3v) is 3.71. The van der Waals surface area contributed by atoms with Crippen molar-refractivity contribution in [3.63, 3.8) is 0 Å². The highest BCUT2D eigenvalue weighted by molar-refractivity contribution is 5.82. The highest BCUT2D eigenvalue weighted by Crippen LogP contribution is 2.27. The standard InChI is InChI=1S/C13H26N2O2/c1-2-3-7-11(14)12(17)15-13(10-16)8-5-4-6-9-13/h11,16H,2-10,14H2,1H3,(H,15,17)/t11-/m0/s1. The fourth-order valence-corrected chi connectivity index (χ4v) is 2.46. The van der Waals surface area contributed by atoms with Crippen molar-refractivity contribution >= 4 is 5.91 Å². The van der Waals surface area contributed by atoms with Crippen LogP contribution in [-0.2, 0) is 4.79 Å². The molecule has 0 spiro atoms. The lowest BCUT2D eigenvalue weighted by Crippen LogP contribution is -2.56. The molecule has 1 aliphatic carbocycles. The summed E-state index contributed by atoms with van der Waals surface area (Å²) in [5.41, 5.74) is 5.44. The number of nitrogens with two attached hydrogens (primary N) is 1. The summed E-state index contributed by atoms with van der Waals surface area (Å²) in [4.78, 5) is 11.9. The molecule has 1 fully saturated rings. The summed E-state index contributed by atoms with van der Waals surface area (Å²) in [6.07, 6.45) is 7.83. The number of carbonyl (C=O) groups is 1. The number of hydrogen-bond donors (Lipinski definition) is 3. The third-order valence-electron chi connectivity index (χ3n) is 3.71. The van der Waals surface area contributed by atoms with Gasteiger partial charge < -0.3 is 16.2 Å². The molecule has 0 heterocycles. The van der Waals surface area contributed by atoms with Gasteiger partial charge in [-0.3, -0.25) is 4.79 Å². The molecule has 4 heteroatoms. The van der Waals surface area contributed by atoms with Gasteiger partial charge in [0.25, 0.3) is 0 Å².